The van der Waals surface area contributed by atoms with Gasteiger partial charge in [-0.15, -0.1) is 0 Å². The van der Waals surface area contributed by atoms with Crippen molar-refractivity contribution >= 4 is 32.8 Å². The first kappa shape index (κ1) is 10.4. The van der Waals surface area contributed by atoms with Crippen LogP contribution in [0.4, 0.5) is 21.5 Å². The van der Waals surface area contributed by atoms with Crippen LogP contribution in [0.25, 0.3) is 0 Å². The fourth-order valence-electron chi connectivity index (χ4n) is 1.15. The molecule has 0 bridgehead atoms. The Morgan fingerprint density at radius 2 is 2.31 bits per heavy atom. The van der Waals surface area contributed by atoms with Crippen LogP contribution in [0.15, 0.2) is 30.5 Å². The van der Waals surface area contributed by atoms with Gasteiger partial charge in [-0.05, 0) is 29.5 Å². The molecule has 0 aliphatic carbocycles. The topological polar surface area (TPSA) is 94.1 Å². The molecule has 7 heteroatoms. The molecular formula is C9H8N4O2S. The van der Waals surface area contributed by atoms with E-state index in [1.807, 2.05) is 6.07 Å². The summed E-state index contributed by atoms with van der Waals surface area (Å²) in [6, 6.07) is 7.09. The van der Waals surface area contributed by atoms with Crippen molar-refractivity contribution in [2.45, 2.75) is 0 Å². The van der Waals surface area contributed by atoms with Crippen LogP contribution >= 0.6 is 11.3 Å². The van der Waals surface area contributed by atoms with E-state index in [0.29, 0.717) is 10.8 Å². The zero-order valence-electron chi connectivity index (χ0n) is 8.08. The van der Waals surface area contributed by atoms with Crippen molar-refractivity contribution in [3.63, 3.8) is 0 Å². The molecule has 0 atom stereocenters. The van der Waals surface area contributed by atoms with Crippen LogP contribution in [0.3, 0.4) is 0 Å². The Balaban J connectivity index is 2.17. The Labute approximate surface area is 94.9 Å². The molecule has 0 aliphatic heterocycles. The molecule has 82 valence electrons. The van der Waals surface area contributed by atoms with Crippen LogP contribution < -0.4 is 11.1 Å². The standard InChI is InChI=1S/C9H8N4O2S/c10-6-2-1-3-7(4-6)12-9-11-5-8(16-9)13(14)15/h1-5H,10H2,(H,11,12). The van der Waals surface area contributed by atoms with Gasteiger partial charge in [0.2, 0.25) is 0 Å². The first-order valence-corrected chi connectivity index (χ1v) is 5.19. The van der Waals surface area contributed by atoms with Crippen molar-refractivity contribution in [1.29, 1.82) is 0 Å². The van der Waals surface area contributed by atoms with Crippen molar-refractivity contribution in [1.82, 2.24) is 4.98 Å². The molecule has 0 unspecified atom stereocenters. The minimum absolute atomic E-state index is 0.00593. The van der Waals surface area contributed by atoms with E-state index in [0.717, 1.165) is 17.0 Å². The third-order valence-corrected chi connectivity index (χ3v) is 2.68. The number of anilines is 3. The maximum Gasteiger partial charge on any atom is 0.345 e. The van der Waals surface area contributed by atoms with Gasteiger partial charge in [-0.2, -0.15) is 0 Å². The smallest absolute Gasteiger partial charge is 0.345 e. The number of nitrogen functional groups attached to an aromatic ring is 1. The highest BCUT2D eigenvalue weighted by atomic mass is 32.1. The van der Waals surface area contributed by atoms with E-state index in [-0.39, 0.29) is 5.00 Å². The molecule has 1 heterocycles. The van der Waals surface area contributed by atoms with E-state index in [1.54, 1.807) is 18.2 Å². The summed E-state index contributed by atoms with van der Waals surface area (Å²) in [7, 11) is 0. The lowest BCUT2D eigenvalue weighted by molar-refractivity contribution is -0.380. The zero-order chi connectivity index (χ0) is 11.5. The summed E-state index contributed by atoms with van der Waals surface area (Å²) in [6.45, 7) is 0. The normalized spacial score (nSPS) is 10.0. The molecule has 1 aromatic carbocycles. The van der Waals surface area contributed by atoms with Crippen molar-refractivity contribution in [2.75, 3.05) is 11.1 Å². The van der Waals surface area contributed by atoms with Crippen molar-refractivity contribution in [3.05, 3.63) is 40.6 Å². The number of nitrogens with one attached hydrogen (secondary N) is 1. The summed E-state index contributed by atoms with van der Waals surface area (Å²) >= 11 is 0.980. The van der Waals surface area contributed by atoms with E-state index in [9.17, 15) is 10.1 Å². The molecule has 0 saturated carbocycles. The molecule has 16 heavy (non-hydrogen) atoms. The molecule has 0 saturated heterocycles. The molecular weight excluding hydrogens is 228 g/mol. The Morgan fingerprint density at radius 3 is 2.94 bits per heavy atom. The lowest BCUT2D eigenvalue weighted by Crippen LogP contribution is -1.90. The second-order valence-corrected chi connectivity index (χ2v) is 4.02. The van der Waals surface area contributed by atoms with Crippen LogP contribution in [-0.4, -0.2) is 9.91 Å². The fourth-order valence-corrected chi connectivity index (χ4v) is 1.80. The zero-order valence-corrected chi connectivity index (χ0v) is 8.90. The summed E-state index contributed by atoms with van der Waals surface area (Å²) in [4.78, 5) is 13.9. The van der Waals surface area contributed by atoms with Gasteiger partial charge >= 0.3 is 5.00 Å². The third kappa shape index (κ3) is 2.26. The number of nitrogens with zero attached hydrogens (tertiary/aromatic N) is 2. The number of nitro groups is 1. The fraction of sp³-hybridized carbons (Fsp3) is 0. The molecule has 1 aromatic heterocycles. The summed E-state index contributed by atoms with van der Waals surface area (Å²) in [5.74, 6) is 0. The minimum atomic E-state index is -0.470. The number of rotatable bonds is 3. The van der Waals surface area contributed by atoms with Gasteiger partial charge in [-0.1, -0.05) is 6.07 Å². The van der Waals surface area contributed by atoms with Crippen molar-refractivity contribution in [3.8, 4) is 0 Å². The van der Waals surface area contributed by atoms with Gasteiger partial charge in [0.1, 0.15) is 6.20 Å². The highest BCUT2D eigenvalue weighted by Gasteiger charge is 2.11. The van der Waals surface area contributed by atoms with Crippen molar-refractivity contribution in [2.24, 2.45) is 0 Å². The number of hydrogen-bond acceptors (Lipinski definition) is 6. The van der Waals surface area contributed by atoms with E-state index >= 15 is 0 Å². The van der Waals surface area contributed by atoms with Gasteiger partial charge in [0, 0.05) is 11.4 Å². The van der Waals surface area contributed by atoms with Crippen LogP contribution in [0.5, 0.6) is 0 Å². The van der Waals surface area contributed by atoms with Gasteiger partial charge in [0.05, 0.1) is 4.92 Å². The predicted octanol–water partition coefficient (Wildman–Crippen LogP) is 2.38. The molecule has 0 fully saturated rings. The minimum Gasteiger partial charge on any atom is -0.399 e. The molecule has 0 aliphatic rings. The number of aromatic nitrogens is 1. The number of hydrogen-bond donors (Lipinski definition) is 2. The molecule has 6 nitrogen and oxygen atoms in total. The Hall–Kier alpha value is -2.15. The first-order valence-electron chi connectivity index (χ1n) is 4.38. The lowest BCUT2D eigenvalue weighted by Gasteiger charge is -2.01. The Bertz CT molecular complexity index is 526. The van der Waals surface area contributed by atoms with Crippen LogP contribution in [0.2, 0.25) is 0 Å². The summed E-state index contributed by atoms with van der Waals surface area (Å²) < 4.78 is 0. The quantitative estimate of drug-likeness (QED) is 0.484. The van der Waals surface area contributed by atoms with E-state index in [2.05, 4.69) is 10.3 Å². The summed E-state index contributed by atoms with van der Waals surface area (Å²) in [5, 5.41) is 13.9. The molecule has 2 aromatic rings. The van der Waals surface area contributed by atoms with Crippen LogP contribution in [0.1, 0.15) is 0 Å². The number of thiazole rings is 1. The highest BCUT2D eigenvalue weighted by Crippen LogP contribution is 2.27. The van der Waals surface area contributed by atoms with Gasteiger partial charge in [-0.25, -0.2) is 4.98 Å². The predicted molar refractivity (Wildman–Crippen MR) is 62.9 cm³/mol. The summed E-state index contributed by atoms with van der Waals surface area (Å²) in [5.41, 5.74) is 6.98. The molecule has 0 spiro atoms. The second kappa shape index (κ2) is 4.15. The van der Waals surface area contributed by atoms with E-state index in [1.165, 1.54) is 6.20 Å². The van der Waals surface area contributed by atoms with Gasteiger partial charge in [0.25, 0.3) is 0 Å². The molecule has 2 rings (SSSR count). The summed E-state index contributed by atoms with van der Waals surface area (Å²) in [6.07, 6.45) is 1.22. The monoisotopic (exact) mass is 236 g/mol. The second-order valence-electron chi connectivity index (χ2n) is 3.01. The van der Waals surface area contributed by atoms with Crippen molar-refractivity contribution < 1.29 is 4.92 Å². The van der Waals surface area contributed by atoms with Crippen LogP contribution in [-0.2, 0) is 0 Å². The van der Waals surface area contributed by atoms with E-state index in [4.69, 9.17) is 5.73 Å². The number of benzene rings is 1. The SMILES string of the molecule is Nc1cccc(Nc2ncc([N+](=O)[O-])s2)c1. The van der Waals surface area contributed by atoms with Crippen LogP contribution in [0, 0.1) is 10.1 Å². The van der Waals surface area contributed by atoms with E-state index < -0.39 is 4.92 Å². The lowest BCUT2D eigenvalue weighted by atomic mass is 10.3. The van der Waals surface area contributed by atoms with Gasteiger partial charge in [0.15, 0.2) is 5.13 Å². The molecule has 3 N–H and O–H groups in total. The first-order chi connectivity index (χ1) is 7.65. The number of nitrogens with two attached hydrogens (primary N) is 1. The maximum absolute atomic E-state index is 10.4. The largest absolute Gasteiger partial charge is 0.399 e. The molecule has 0 amide bonds. The van der Waals surface area contributed by atoms with Gasteiger partial charge in [-0.3, -0.25) is 10.1 Å². The van der Waals surface area contributed by atoms with Gasteiger partial charge < -0.3 is 11.1 Å². The Morgan fingerprint density at radius 1 is 1.50 bits per heavy atom. The maximum atomic E-state index is 10.4. The average molecular weight is 236 g/mol. The molecule has 0 radical (unpaired) electrons. The highest BCUT2D eigenvalue weighted by molar-refractivity contribution is 7.18. The average Bonchev–Trinajstić information content (AvgIpc) is 2.66. The Kier molecular flexibility index (Phi) is 2.69. The third-order valence-electron chi connectivity index (χ3n) is 1.81.